The van der Waals surface area contributed by atoms with Crippen LogP contribution in [0.15, 0.2) is 12.1 Å². The fourth-order valence-electron chi connectivity index (χ4n) is 1.15. The first-order valence-corrected chi connectivity index (χ1v) is 4.24. The highest BCUT2D eigenvalue weighted by molar-refractivity contribution is 5.73. The molecule has 0 fully saturated rings. The van der Waals surface area contributed by atoms with Gasteiger partial charge < -0.3 is 10.5 Å². The standard InChI is InChI=1S/C9H9FN2O4/c1-16-8(13)4-5-2-6(10)9(11)7(3-5)12(14)15/h2-3H,4,11H2,1H3. The number of carbonyl (C=O) groups excluding carboxylic acids is 1. The number of hydrogen-bond donors (Lipinski definition) is 1. The second-order valence-electron chi connectivity index (χ2n) is 3.02. The van der Waals surface area contributed by atoms with Crippen LogP contribution in [0, 0.1) is 15.9 Å². The summed E-state index contributed by atoms with van der Waals surface area (Å²) < 4.78 is 17.5. The van der Waals surface area contributed by atoms with Gasteiger partial charge >= 0.3 is 5.97 Å². The average Bonchev–Trinajstić information content (AvgIpc) is 2.22. The van der Waals surface area contributed by atoms with Gasteiger partial charge in [0.15, 0.2) is 5.82 Å². The molecule has 0 saturated heterocycles. The molecule has 0 radical (unpaired) electrons. The van der Waals surface area contributed by atoms with E-state index >= 15 is 0 Å². The van der Waals surface area contributed by atoms with Crippen molar-refractivity contribution in [2.45, 2.75) is 6.42 Å². The monoisotopic (exact) mass is 228 g/mol. The highest BCUT2D eigenvalue weighted by Gasteiger charge is 2.18. The molecule has 1 aromatic carbocycles. The Morgan fingerprint density at radius 2 is 2.25 bits per heavy atom. The summed E-state index contributed by atoms with van der Waals surface area (Å²) in [5, 5.41) is 10.5. The number of ether oxygens (including phenoxy) is 1. The van der Waals surface area contributed by atoms with E-state index in [0.29, 0.717) is 0 Å². The number of methoxy groups -OCH3 is 1. The molecule has 16 heavy (non-hydrogen) atoms. The Kier molecular flexibility index (Phi) is 3.39. The summed E-state index contributed by atoms with van der Waals surface area (Å²) in [7, 11) is 1.17. The number of nitrogens with two attached hydrogens (primary N) is 1. The van der Waals surface area contributed by atoms with Gasteiger partial charge in [0, 0.05) is 6.07 Å². The lowest BCUT2D eigenvalue weighted by Gasteiger charge is -2.03. The van der Waals surface area contributed by atoms with Crippen LogP contribution in [0.25, 0.3) is 0 Å². The molecule has 86 valence electrons. The largest absolute Gasteiger partial charge is 0.469 e. The van der Waals surface area contributed by atoms with Crippen molar-refractivity contribution >= 4 is 17.3 Å². The maximum absolute atomic E-state index is 13.2. The molecule has 0 aliphatic carbocycles. The Labute approximate surface area is 90.0 Å². The van der Waals surface area contributed by atoms with Crippen molar-refractivity contribution in [3.63, 3.8) is 0 Å². The van der Waals surface area contributed by atoms with Crippen molar-refractivity contribution in [2.24, 2.45) is 0 Å². The summed E-state index contributed by atoms with van der Waals surface area (Å²) in [4.78, 5) is 20.6. The Bertz CT molecular complexity index is 447. The van der Waals surface area contributed by atoms with Crippen LogP contribution in [0.3, 0.4) is 0 Å². The quantitative estimate of drug-likeness (QED) is 0.361. The first kappa shape index (κ1) is 11.9. The van der Waals surface area contributed by atoms with Crippen LogP contribution in [0.2, 0.25) is 0 Å². The van der Waals surface area contributed by atoms with Crippen LogP contribution in [0.4, 0.5) is 15.8 Å². The van der Waals surface area contributed by atoms with Crippen molar-refractivity contribution < 1.29 is 18.8 Å². The van der Waals surface area contributed by atoms with Crippen LogP contribution < -0.4 is 5.73 Å². The number of nitro benzene ring substituents is 1. The molecule has 0 unspecified atom stereocenters. The van der Waals surface area contributed by atoms with Gasteiger partial charge in [-0.3, -0.25) is 14.9 Å². The van der Waals surface area contributed by atoms with Gasteiger partial charge in [0.1, 0.15) is 5.69 Å². The van der Waals surface area contributed by atoms with Crippen molar-refractivity contribution in [3.05, 3.63) is 33.6 Å². The van der Waals surface area contributed by atoms with Crippen LogP contribution in [0.1, 0.15) is 5.56 Å². The SMILES string of the molecule is COC(=O)Cc1cc(F)c(N)c([N+](=O)[O-])c1. The molecule has 0 aromatic heterocycles. The first-order valence-electron chi connectivity index (χ1n) is 4.24. The Balaban J connectivity index is 3.14. The minimum absolute atomic E-state index is 0.144. The Morgan fingerprint density at radius 1 is 1.62 bits per heavy atom. The van der Waals surface area contributed by atoms with E-state index in [1.807, 2.05) is 0 Å². The lowest BCUT2D eigenvalue weighted by molar-refractivity contribution is -0.384. The molecule has 1 rings (SSSR count). The van der Waals surface area contributed by atoms with Crippen LogP contribution in [-0.2, 0) is 16.0 Å². The molecule has 0 bridgehead atoms. The summed E-state index contributed by atoms with van der Waals surface area (Å²) in [6.07, 6.45) is -0.242. The molecule has 0 aliphatic rings. The summed E-state index contributed by atoms with van der Waals surface area (Å²) in [5.74, 6) is -1.54. The number of halogens is 1. The first-order chi connectivity index (χ1) is 7.45. The van der Waals surface area contributed by atoms with Crippen molar-refractivity contribution in [1.29, 1.82) is 0 Å². The summed E-state index contributed by atoms with van der Waals surface area (Å²) in [6.45, 7) is 0. The Hall–Kier alpha value is -2.18. The number of rotatable bonds is 3. The predicted octanol–water partition coefficient (Wildman–Crippen LogP) is 1.03. The van der Waals surface area contributed by atoms with Gasteiger partial charge in [0.25, 0.3) is 5.69 Å². The maximum Gasteiger partial charge on any atom is 0.309 e. The van der Waals surface area contributed by atoms with Crippen molar-refractivity contribution in [2.75, 3.05) is 12.8 Å². The lowest BCUT2D eigenvalue weighted by Crippen LogP contribution is -2.07. The molecule has 6 nitrogen and oxygen atoms in total. The van der Waals surface area contributed by atoms with Gasteiger partial charge in [0.2, 0.25) is 0 Å². The highest BCUT2D eigenvalue weighted by Crippen LogP contribution is 2.26. The molecular formula is C9H9FN2O4. The summed E-state index contributed by atoms with van der Waals surface area (Å²) in [6, 6.07) is 2.02. The molecule has 7 heteroatoms. The number of carbonyl (C=O) groups is 1. The van der Waals surface area contributed by atoms with E-state index in [1.54, 1.807) is 0 Å². The molecule has 0 spiro atoms. The highest BCUT2D eigenvalue weighted by atomic mass is 19.1. The van der Waals surface area contributed by atoms with Crippen LogP contribution in [-0.4, -0.2) is 18.0 Å². The average molecular weight is 228 g/mol. The molecule has 0 heterocycles. The van der Waals surface area contributed by atoms with E-state index in [9.17, 15) is 19.3 Å². The number of nitro groups is 1. The van der Waals surface area contributed by atoms with E-state index in [-0.39, 0.29) is 12.0 Å². The third-order valence-electron chi connectivity index (χ3n) is 1.94. The Morgan fingerprint density at radius 3 is 2.75 bits per heavy atom. The van der Waals surface area contributed by atoms with Crippen molar-refractivity contribution in [1.82, 2.24) is 0 Å². The van der Waals surface area contributed by atoms with E-state index in [0.717, 1.165) is 12.1 Å². The minimum atomic E-state index is -0.923. The van der Waals surface area contributed by atoms with Gasteiger partial charge in [-0.15, -0.1) is 0 Å². The fourth-order valence-corrected chi connectivity index (χ4v) is 1.15. The molecule has 0 atom stereocenters. The summed E-state index contributed by atoms with van der Waals surface area (Å²) in [5.41, 5.74) is 4.23. The van der Waals surface area contributed by atoms with E-state index in [4.69, 9.17) is 5.73 Å². The number of nitrogens with zero attached hydrogens (tertiary/aromatic N) is 1. The van der Waals surface area contributed by atoms with E-state index in [2.05, 4.69) is 4.74 Å². The normalized spacial score (nSPS) is 9.88. The van der Waals surface area contributed by atoms with Gasteiger partial charge in [-0.1, -0.05) is 0 Å². The van der Waals surface area contributed by atoms with Gasteiger partial charge in [0.05, 0.1) is 18.5 Å². The van der Waals surface area contributed by atoms with E-state index in [1.165, 1.54) is 7.11 Å². The van der Waals surface area contributed by atoms with Gasteiger partial charge in [-0.2, -0.15) is 0 Å². The third kappa shape index (κ3) is 2.44. The lowest BCUT2D eigenvalue weighted by atomic mass is 10.1. The molecule has 0 aliphatic heterocycles. The van der Waals surface area contributed by atoms with Gasteiger partial charge in [-0.25, -0.2) is 4.39 Å². The smallest absolute Gasteiger partial charge is 0.309 e. The van der Waals surface area contributed by atoms with Crippen molar-refractivity contribution in [3.8, 4) is 0 Å². The second-order valence-corrected chi connectivity index (χ2v) is 3.02. The zero-order valence-corrected chi connectivity index (χ0v) is 8.40. The van der Waals surface area contributed by atoms with E-state index < -0.39 is 28.1 Å². The molecule has 0 saturated carbocycles. The molecule has 0 amide bonds. The minimum Gasteiger partial charge on any atom is -0.469 e. The maximum atomic E-state index is 13.2. The number of anilines is 1. The predicted molar refractivity (Wildman–Crippen MR) is 53.2 cm³/mol. The molecular weight excluding hydrogens is 219 g/mol. The zero-order chi connectivity index (χ0) is 12.3. The number of nitrogen functional groups attached to an aromatic ring is 1. The second kappa shape index (κ2) is 4.56. The number of esters is 1. The van der Waals surface area contributed by atoms with Gasteiger partial charge in [-0.05, 0) is 11.6 Å². The molecule has 2 N–H and O–H groups in total. The fraction of sp³-hybridized carbons (Fsp3) is 0.222. The topological polar surface area (TPSA) is 95.5 Å². The molecule has 1 aromatic rings. The van der Waals surface area contributed by atoms with Crippen LogP contribution >= 0.6 is 0 Å². The number of benzene rings is 1. The number of hydrogen-bond acceptors (Lipinski definition) is 5. The third-order valence-corrected chi connectivity index (χ3v) is 1.94. The summed E-state index contributed by atoms with van der Waals surface area (Å²) >= 11 is 0. The van der Waals surface area contributed by atoms with Crippen LogP contribution in [0.5, 0.6) is 0 Å². The zero-order valence-electron chi connectivity index (χ0n) is 8.40.